The Kier molecular flexibility index (Phi) is 7.60. The predicted molar refractivity (Wildman–Crippen MR) is 148 cm³/mol. The van der Waals surface area contributed by atoms with Crippen LogP contribution < -0.4 is 15.5 Å². The summed E-state index contributed by atoms with van der Waals surface area (Å²) in [6.07, 6.45) is 17.4. The lowest BCUT2D eigenvalue weighted by Gasteiger charge is -2.36. The normalized spacial score (nSPS) is 33.2. The van der Waals surface area contributed by atoms with E-state index in [4.69, 9.17) is 11.6 Å². The topological polar surface area (TPSA) is 47.6 Å². The van der Waals surface area contributed by atoms with Crippen LogP contribution in [0.2, 0.25) is 5.02 Å². The van der Waals surface area contributed by atoms with Crippen LogP contribution in [0.25, 0.3) is 0 Å². The molecule has 2 aliphatic carbocycles. The number of carbonyl (C=O) groups is 1. The van der Waals surface area contributed by atoms with Gasteiger partial charge in [0.15, 0.2) is 0 Å². The van der Waals surface area contributed by atoms with E-state index in [1.807, 2.05) is 23.1 Å². The minimum atomic E-state index is -0.000564. The number of rotatable bonds is 4. The van der Waals surface area contributed by atoms with Crippen LogP contribution in [0.5, 0.6) is 0 Å². The quantitative estimate of drug-likeness (QED) is 0.527. The number of anilines is 1. The number of hydrogen-bond acceptors (Lipinski definition) is 3. The predicted octanol–water partition coefficient (Wildman–Crippen LogP) is 5.48. The van der Waals surface area contributed by atoms with Gasteiger partial charge in [0.25, 0.3) is 0 Å². The summed E-state index contributed by atoms with van der Waals surface area (Å²) in [6, 6.07) is 6.29. The molecule has 5 aliphatic rings. The van der Waals surface area contributed by atoms with E-state index in [1.54, 1.807) is 0 Å². The minimum Gasteiger partial charge on any atom is -0.337 e. The van der Waals surface area contributed by atoms with Crippen molar-refractivity contribution in [1.29, 1.82) is 0 Å². The maximum atomic E-state index is 12.9. The van der Waals surface area contributed by atoms with Gasteiger partial charge in [-0.1, -0.05) is 49.4 Å². The molecule has 6 heteroatoms. The van der Waals surface area contributed by atoms with Gasteiger partial charge < -0.3 is 10.6 Å². The van der Waals surface area contributed by atoms with Gasteiger partial charge in [-0.15, -0.1) is 0 Å². The van der Waals surface area contributed by atoms with E-state index in [0.717, 1.165) is 66.0 Å². The molecule has 3 heterocycles. The SMILES string of the molecule is O=C(NCC1C=CC(N2CCC(C3C4CCCCCCC43)CC2)CNC1)N1CCc2cc(Cl)ccc21. The molecule has 3 fully saturated rings. The highest BCUT2D eigenvalue weighted by atomic mass is 35.5. The Morgan fingerprint density at radius 2 is 1.75 bits per heavy atom. The van der Waals surface area contributed by atoms with E-state index in [0.29, 0.717) is 18.5 Å². The highest BCUT2D eigenvalue weighted by Crippen LogP contribution is 2.59. The van der Waals surface area contributed by atoms with E-state index in [-0.39, 0.29) is 6.03 Å². The van der Waals surface area contributed by atoms with Crippen molar-refractivity contribution in [1.82, 2.24) is 15.5 Å². The summed E-state index contributed by atoms with van der Waals surface area (Å²) >= 11 is 6.12. The molecular weight excluding hydrogens is 468 g/mol. The highest BCUT2D eigenvalue weighted by Gasteiger charge is 2.52. The number of fused-ring (bicyclic) bond motifs is 2. The first kappa shape index (κ1) is 24.8. The highest BCUT2D eigenvalue weighted by molar-refractivity contribution is 6.30. The summed E-state index contributed by atoms with van der Waals surface area (Å²) in [5.41, 5.74) is 2.15. The molecule has 0 spiro atoms. The van der Waals surface area contributed by atoms with Crippen molar-refractivity contribution in [3.63, 3.8) is 0 Å². The first-order chi connectivity index (χ1) is 17.7. The van der Waals surface area contributed by atoms with Crippen LogP contribution in [0.3, 0.4) is 0 Å². The van der Waals surface area contributed by atoms with Crippen molar-refractivity contribution in [2.24, 2.45) is 29.6 Å². The molecule has 2 saturated carbocycles. The van der Waals surface area contributed by atoms with Gasteiger partial charge in [0.1, 0.15) is 0 Å². The standard InChI is InChI=1S/C30H43ClN4O/c31-24-8-10-28-23(17-24)13-16-35(28)30(36)33-19-21-7-9-25(20-32-18-21)34-14-11-22(12-15-34)29-26-5-3-1-2-4-6-27(26)29/h7-10,17,21-22,25-27,29,32H,1-6,11-16,18-20H2,(H,33,36). The van der Waals surface area contributed by atoms with E-state index >= 15 is 0 Å². The van der Waals surface area contributed by atoms with Crippen molar-refractivity contribution < 1.29 is 4.79 Å². The molecule has 1 aromatic rings. The molecule has 4 atom stereocenters. The molecule has 4 unspecified atom stereocenters. The zero-order valence-electron chi connectivity index (χ0n) is 21.6. The molecule has 196 valence electrons. The lowest BCUT2D eigenvalue weighted by molar-refractivity contribution is 0.139. The van der Waals surface area contributed by atoms with Crippen molar-refractivity contribution in [2.75, 3.05) is 44.2 Å². The fourth-order valence-electron chi connectivity index (χ4n) is 7.86. The molecule has 1 aromatic carbocycles. The van der Waals surface area contributed by atoms with Crippen LogP contribution >= 0.6 is 11.6 Å². The molecule has 36 heavy (non-hydrogen) atoms. The average Bonchev–Trinajstić information content (AvgIpc) is 3.46. The van der Waals surface area contributed by atoms with Crippen molar-refractivity contribution in [2.45, 2.75) is 63.8 Å². The summed E-state index contributed by atoms with van der Waals surface area (Å²) in [4.78, 5) is 17.4. The maximum absolute atomic E-state index is 12.9. The second-order valence-electron chi connectivity index (χ2n) is 12.0. The molecule has 2 N–H and O–H groups in total. The van der Waals surface area contributed by atoms with Crippen LogP contribution in [0, 0.1) is 29.6 Å². The number of nitrogens with one attached hydrogen (secondary N) is 2. The second kappa shape index (κ2) is 11.0. The molecule has 0 aromatic heterocycles. The number of urea groups is 1. The van der Waals surface area contributed by atoms with Gasteiger partial charge in [-0.05, 0) is 92.6 Å². The monoisotopic (exact) mass is 510 g/mol. The number of carbonyl (C=O) groups excluding carboxylic acids is 1. The first-order valence-electron chi connectivity index (χ1n) is 14.6. The van der Waals surface area contributed by atoms with Gasteiger partial charge in [-0.25, -0.2) is 4.79 Å². The number of likely N-dealkylation sites (tertiary alicyclic amines) is 1. The Balaban J connectivity index is 0.966. The minimum absolute atomic E-state index is 0.000564. The van der Waals surface area contributed by atoms with Crippen molar-refractivity contribution >= 4 is 23.3 Å². The molecule has 2 amide bonds. The lowest BCUT2D eigenvalue weighted by atomic mass is 9.89. The van der Waals surface area contributed by atoms with Gasteiger partial charge in [-0.2, -0.15) is 0 Å². The Hall–Kier alpha value is -1.56. The van der Waals surface area contributed by atoms with Gasteiger partial charge in [-0.3, -0.25) is 9.80 Å². The zero-order valence-corrected chi connectivity index (χ0v) is 22.4. The molecule has 3 aliphatic heterocycles. The van der Waals surface area contributed by atoms with Crippen LogP contribution in [-0.2, 0) is 6.42 Å². The molecular formula is C30H43ClN4O. The van der Waals surface area contributed by atoms with Crippen molar-refractivity contribution in [3.8, 4) is 0 Å². The molecule has 0 radical (unpaired) electrons. The zero-order chi connectivity index (χ0) is 24.5. The van der Waals surface area contributed by atoms with E-state index < -0.39 is 0 Å². The number of benzene rings is 1. The summed E-state index contributed by atoms with van der Waals surface area (Å²) in [6.45, 7) is 5.82. The summed E-state index contributed by atoms with van der Waals surface area (Å²) in [5, 5.41) is 7.59. The summed E-state index contributed by atoms with van der Waals surface area (Å²) < 4.78 is 0. The third-order valence-corrected chi connectivity index (χ3v) is 10.1. The number of amides is 2. The molecule has 5 nitrogen and oxygen atoms in total. The van der Waals surface area contributed by atoms with Gasteiger partial charge >= 0.3 is 6.03 Å². The van der Waals surface area contributed by atoms with Crippen LogP contribution in [-0.4, -0.2) is 56.2 Å². The summed E-state index contributed by atoms with van der Waals surface area (Å²) in [7, 11) is 0. The Morgan fingerprint density at radius 1 is 0.972 bits per heavy atom. The average molecular weight is 511 g/mol. The maximum Gasteiger partial charge on any atom is 0.321 e. The lowest BCUT2D eigenvalue weighted by Crippen LogP contribution is -2.45. The van der Waals surface area contributed by atoms with E-state index in [9.17, 15) is 4.79 Å². The van der Waals surface area contributed by atoms with Crippen LogP contribution in [0.15, 0.2) is 30.4 Å². The fraction of sp³-hybridized carbons (Fsp3) is 0.700. The van der Waals surface area contributed by atoms with Gasteiger partial charge in [0.2, 0.25) is 0 Å². The third-order valence-electron chi connectivity index (χ3n) is 9.87. The van der Waals surface area contributed by atoms with Crippen LogP contribution in [0.4, 0.5) is 10.5 Å². The number of hydrogen-bond donors (Lipinski definition) is 2. The molecule has 0 bridgehead atoms. The van der Waals surface area contributed by atoms with E-state index in [1.165, 1.54) is 64.5 Å². The van der Waals surface area contributed by atoms with Crippen LogP contribution in [0.1, 0.15) is 56.9 Å². The van der Waals surface area contributed by atoms with Gasteiger partial charge in [0.05, 0.1) is 0 Å². The molecule has 6 rings (SSSR count). The second-order valence-corrected chi connectivity index (χ2v) is 12.4. The number of halogens is 1. The Bertz CT molecular complexity index is 944. The fourth-order valence-corrected chi connectivity index (χ4v) is 8.06. The smallest absolute Gasteiger partial charge is 0.321 e. The number of nitrogens with zero attached hydrogens (tertiary/aromatic N) is 2. The summed E-state index contributed by atoms with van der Waals surface area (Å²) in [5.74, 6) is 4.51. The Morgan fingerprint density at radius 3 is 2.53 bits per heavy atom. The van der Waals surface area contributed by atoms with Crippen molar-refractivity contribution in [3.05, 3.63) is 40.9 Å². The Labute approximate surface area is 222 Å². The van der Waals surface area contributed by atoms with E-state index in [2.05, 4.69) is 27.7 Å². The number of piperidine rings is 1. The largest absolute Gasteiger partial charge is 0.337 e. The van der Waals surface area contributed by atoms with Gasteiger partial charge in [0, 0.05) is 48.8 Å². The third kappa shape index (κ3) is 5.35. The first-order valence-corrected chi connectivity index (χ1v) is 15.0. The molecule has 1 saturated heterocycles.